The predicted octanol–water partition coefficient (Wildman–Crippen LogP) is 0.931. The summed E-state index contributed by atoms with van der Waals surface area (Å²) < 4.78 is 10.9. The Labute approximate surface area is 79.8 Å². The molecule has 3 heteroatoms. The van der Waals surface area contributed by atoms with Crippen LogP contribution in [0.4, 0.5) is 0 Å². The van der Waals surface area contributed by atoms with Gasteiger partial charge < -0.3 is 14.8 Å². The fraction of sp³-hybridized carbons (Fsp3) is 1.00. The molecule has 13 heavy (non-hydrogen) atoms. The van der Waals surface area contributed by atoms with Crippen molar-refractivity contribution in [3.8, 4) is 0 Å². The highest BCUT2D eigenvalue weighted by molar-refractivity contribution is 4.94. The van der Waals surface area contributed by atoms with E-state index in [1.165, 1.54) is 19.3 Å². The Bertz CT molecular complexity index is 174. The second kappa shape index (κ2) is 3.95. The largest absolute Gasteiger partial charge is 0.383 e. The van der Waals surface area contributed by atoms with Crippen molar-refractivity contribution in [2.45, 2.75) is 50.5 Å². The van der Waals surface area contributed by atoms with E-state index in [-0.39, 0.29) is 0 Å². The van der Waals surface area contributed by atoms with Gasteiger partial charge in [-0.1, -0.05) is 0 Å². The monoisotopic (exact) mass is 185 g/mol. The van der Waals surface area contributed by atoms with Crippen molar-refractivity contribution in [3.05, 3.63) is 0 Å². The van der Waals surface area contributed by atoms with Crippen LogP contribution in [0.25, 0.3) is 0 Å². The van der Waals surface area contributed by atoms with Gasteiger partial charge in [0.25, 0.3) is 0 Å². The molecule has 0 aliphatic carbocycles. The van der Waals surface area contributed by atoms with Crippen LogP contribution in [0.15, 0.2) is 0 Å². The van der Waals surface area contributed by atoms with E-state index in [4.69, 9.17) is 9.47 Å². The van der Waals surface area contributed by atoms with Gasteiger partial charge in [0.05, 0.1) is 18.8 Å². The molecule has 2 aliphatic rings. The SMILES string of the molecule is COCC(C)NC1CC2CCC1O2. The van der Waals surface area contributed by atoms with Crippen LogP contribution >= 0.6 is 0 Å². The summed E-state index contributed by atoms with van der Waals surface area (Å²) in [6.07, 6.45) is 4.71. The highest BCUT2D eigenvalue weighted by atomic mass is 16.5. The van der Waals surface area contributed by atoms with Crippen molar-refractivity contribution < 1.29 is 9.47 Å². The minimum Gasteiger partial charge on any atom is -0.383 e. The third-order valence-electron chi connectivity index (χ3n) is 3.02. The molecule has 0 amide bonds. The Morgan fingerprint density at radius 2 is 2.38 bits per heavy atom. The molecule has 2 rings (SSSR count). The van der Waals surface area contributed by atoms with Crippen LogP contribution in [0.2, 0.25) is 0 Å². The molecule has 2 fully saturated rings. The average molecular weight is 185 g/mol. The summed E-state index contributed by atoms with van der Waals surface area (Å²) in [5.41, 5.74) is 0. The minimum atomic E-state index is 0.443. The fourth-order valence-corrected chi connectivity index (χ4v) is 2.48. The van der Waals surface area contributed by atoms with E-state index in [1.807, 2.05) is 0 Å². The zero-order chi connectivity index (χ0) is 9.26. The van der Waals surface area contributed by atoms with Crippen molar-refractivity contribution >= 4 is 0 Å². The molecule has 0 saturated carbocycles. The highest BCUT2D eigenvalue weighted by Gasteiger charge is 2.40. The van der Waals surface area contributed by atoms with Gasteiger partial charge in [-0.2, -0.15) is 0 Å². The minimum absolute atomic E-state index is 0.443. The molecule has 0 spiro atoms. The van der Waals surface area contributed by atoms with Gasteiger partial charge in [0, 0.05) is 19.2 Å². The van der Waals surface area contributed by atoms with Gasteiger partial charge in [-0.15, -0.1) is 0 Å². The molecule has 2 bridgehead atoms. The molecule has 4 atom stereocenters. The Hall–Kier alpha value is -0.120. The average Bonchev–Trinajstić information content (AvgIpc) is 2.65. The first-order valence-corrected chi connectivity index (χ1v) is 5.20. The third kappa shape index (κ3) is 2.03. The maximum Gasteiger partial charge on any atom is 0.0733 e. The lowest BCUT2D eigenvalue weighted by atomic mass is 9.95. The van der Waals surface area contributed by atoms with Gasteiger partial charge in [0.1, 0.15) is 0 Å². The summed E-state index contributed by atoms with van der Waals surface area (Å²) in [5, 5.41) is 3.56. The fourth-order valence-electron chi connectivity index (χ4n) is 2.48. The zero-order valence-corrected chi connectivity index (χ0v) is 8.45. The van der Waals surface area contributed by atoms with Crippen LogP contribution in [-0.2, 0) is 9.47 Å². The molecule has 0 radical (unpaired) electrons. The molecule has 1 N–H and O–H groups in total. The number of hydrogen-bond acceptors (Lipinski definition) is 3. The summed E-state index contributed by atoms with van der Waals surface area (Å²) in [7, 11) is 1.75. The first kappa shape index (κ1) is 9.44. The molecule has 0 aromatic carbocycles. The first-order valence-electron chi connectivity index (χ1n) is 5.20. The summed E-state index contributed by atoms with van der Waals surface area (Å²) >= 11 is 0. The van der Waals surface area contributed by atoms with Gasteiger partial charge in [0.2, 0.25) is 0 Å². The van der Waals surface area contributed by atoms with Crippen molar-refractivity contribution in [2.75, 3.05) is 13.7 Å². The van der Waals surface area contributed by atoms with E-state index in [0.29, 0.717) is 24.3 Å². The topological polar surface area (TPSA) is 30.5 Å². The molecule has 0 aromatic heterocycles. The zero-order valence-electron chi connectivity index (χ0n) is 8.45. The van der Waals surface area contributed by atoms with Crippen LogP contribution in [0, 0.1) is 0 Å². The highest BCUT2D eigenvalue weighted by Crippen LogP contribution is 2.34. The van der Waals surface area contributed by atoms with Crippen LogP contribution in [0.1, 0.15) is 26.2 Å². The number of ether oxygens (including phenoxy) is 2. The number of fused-ring (bicyclic) bond motifs is 2. The molecule has 3 nitrogen and oxygen atoms in total. The van der Waals surface area contributed by atoms with Crippen molar-refractivity contribution in [1.82, 2.24) is 5.32 Å². The van der Waals surface area contributed by atoms with Crippen LogP contribution < -0.4 is 5.32 Å². The predicted molar refractivity (Wildman–Crippen MR) is 50.8 cm³/mol. The van der Waals surface area contributed by atoms with Crippen LogP contribution in [0.3, 0.4) is 0 Å². The number of rotatable bonds is 4. The van der Waals surface area contributed by atoms with Gasteiger partial charge in [-0.25, -0.2) is 0 Å². The number of nitrogens with one attached hydrogen (secondary N) is 1. The Morgan fingerprint density at radius 1 is 1.54 bits per heavy atom. The molecule has 2 aliphatic heterocycles. The standard InChI is InChI=1S/C10H19NO2/c1-7(6-12-2)11-9-5-8-3-4-10(9)13-8/h7-11H,3-6H2,1-2H3. The van der Waals surface area contributed by atoms with Gasteiger partial charge in [0.15, 0.2) is 0 Å². The van der Waals surface area contributed by atoms with Gasteiger partial charge in [-0.3, -0.25) is 0 Å². The maximum absolute atomic E-state index is 5.76. The number of hydrogen-bond donors (Lipinski definition) is 1. The normalized spacial score (nSPS) is 39.7. The first-order chi connectivity index (χ1) is 6.29. The lowest BCUT2D eigenvalue weighted by Gasteiger charge is -2.24. The summed E-state index contributed by atoms with van der Waals surface area (Å²) in [4.78, 5) is 0. The molecule has 76 valence electrons. The summed E-state index contributed by atoms with van der Waals surface area (Å²) in [6, 6.07) is 1.02. The molecular formula is C10H19NO2. The van der Waals surface area contributed by atoms with E-state index in [9.17, 15) is 0 Å². The lowest BCUT2D eigenvalue weighted by Crippen LogP contribution is -2.44. The summed E-state index contributed by atoms with van der Waals surface area (Å²) in [6.45, 7) is 2.95. The Morgan fingerprint density at radius 3 is 2.92 bits per heavy atom. The van der Waals surface area contributed by atoms with Crippen LogP contribution in [0.5, 0.6) is 0 Å². The van der Waals surface area contributed by atoms with Crippen molar-refractivity contribution in [1.29, 1.82) is 0 Å². The molecular weight excluding hydrogens is 166 g/mol. The van der Waals surface area contributed by atoms with E-state index in [2.05, 4.69) is 12.2 Å². The van der Waals surface area contributed by atoms with Crippen molar-refractivity contribution in [2.24, 2.45) is 0 Å². The van der Waals surface area contributed by atoms with Crippen molar-refractivity contribution in [3.63, 3.8) is 0 Å². The van der Waals surface area contributed by atoms with E-state index in [1.54, 1.807) is 7.11 Å². The van der Waals surface area contributed by atoms with E-state index < -0.39 is 0 Å². The van der Waals surface area contributed by atoms with E-state index >= 15 is 0 Å². The molecule has 4 unspecified atom stereocenters. The van der Waals surface area contributed by atoms with Gasteiger partial charge in [-0.05, 0) is 26.2 Å². The van der Waals surface area contributed by atoms with Crippen LogP contribution in [-0.4, -0.2) is 38.0 Å². The smallest absolute Gasteiger partial charge is 0.0733 e. The number of methoxy groups -OCH3 is 1. The Kier molecular flexibility index (Phi) is 2.86. The molecule has 2 saturated heterocycles. The second-order valence-corrected chi connectivity index (χ2v) is 4.24. The maximum atomic E-state index is 5.76. The van der Waals surface area contributed by atoms with E-state index in [0.717, 1.165) is 6.61 Å². The third-order valence-corrected chi connectivity index (χ3v) is 3.02. The summed E-state index contributed by atoms with van der Waals surface area (Å²) in [5.74, 6) is 0. The quantitative estimate of drug-likeness (QED) is 0.707. The molecule has 0 aromatic rings. The second-order valence-electron chi connectivity index (χ2n) is 4.24. The molecule has 2 heterocycles. The Balaban J connectivity index is 1.76. The van der Waals surface area contributed by atoms with Gasteiger partial charge >= 0.3 is 0 Å². The lowest BCUT2D eigenvalue weighted by molar-refractivity contribution is 0.0928.